The number of nitrogens with zero attached hydrogens (tertiary/aromatic N) is 2. The predicted octanol–water partition coefficient (Wildman–Crippen LogP) is 4.47. The van der Waals surface area contributed by atoms with Gasteiger partial charge in [0, 0.05) is 37.8 Å². The van der Waals surface area contributed by atoms with Gasteiger partial charge in [-0.05, 0) is 41.4 Å². The predicted molar refractivity (Wildman–Crippen MR) is 115 cm³/mol. The van der Waals surface area contributed by atoms with Crippen molar-refractivity contribution in [3.8, 4) is 0 Å². The van der Waals surface area contributed by atoms with E-state index in [1.807, 2.05) is 11.8 Å². The van der Waals surface area contributed by atoms with E-state index in [1.54, 1.807) is 18.4 Å². The first-order chi connectivity index (χ1) is 13.5. The molecule has 0 bridgehead atoms. The highest BCUT2D eigenvalue weighted by Crippen LogP contribution is 2.46. The molecule has 2 aliphatic rings. The van der Waals surface area contributed by atoms with E-state index < -0.39 is 0 Å². The number of amides is 1. The summed E-state index contributed by atoms with van der Waals surface area (Å²) in [5.41, 5.74) is 2.55. The summed E-state index contributed by atoms with van der Waals surface area (Å²) in [5.74, 6) is 2.68. The molecule has 2 aliphatic heterocycles. The van der Waals surface area contributed by atoms with E-state index in [0.717, 1.165) is 26.2 Å². The molecule has 0 radical (unpaired) electrons. The summed E-state index contributed by atoms with van der Waals surface area (Å²) in [6.07, 6.45) is 1.58. The maximum absolute atomic E-state index is 13.2. The first-order valence-electron chi connectivity index (χ1n) is 10.3. The topological polar surface area (TPSA) is 36.7 Å². The number of hydrogen-bond acceptors (Lipinski definition) is 4. The first-order valence-corrected chi connectivity index (χ1v) is 11.3. The third kappa shape index (κ3) is 3.87. The Morgan fingerprint density at radius 3 is 2.71 bits per heavy atom. The van der Waals surface area contributed by atoms with Gasteiger partial charge >= 0.3 is 0 Å². The molecule has 1 amide bonds. The summed E-state index contributed by atoms with van der Waals surface area (Å²) in [5, 5.41) is 0.684. The van der Waals surface area contributed by atoms with Crippen LogP contribution in [0.25, 0.3) is 0 Å². The number of furan rings is 1. The minimum absolute atomic E-state index is 0.0227. The van der Waals surface area contributed by atoms with Crippen LogP contribution in [0.2, 0.25) is 0 Å². The van der Waals surface area contributed by atoms with Gasteiger partial charge in [0.15, 0.2) is 5.76 Å². The van der Waals surface area contributed by atoms with E-state index in [9.17, 15) is 4.79 Å². The van der Waals surface area contributed by atoms with Gasteiger partial charge in [-0.15, -0.1) is 0 Å². The molecule has 28 heavy (non-hydrogen) atoms. The molecule has 0 spiro atoms. The number of fused-ring (bicyclic) bond motifs is 1. The van der Waals surface area contributed by atoms with Crippen LogP contribution < -0.4 is 0 Å². The fraction of sp³-hybridized carbons (Fsp3) is 0.522. The highest BCUT2D eigenvalue weighted by Gasteiger charge is 2.49. The minimum Gasteiger partial charge on any atom is -0.459 e. The second kappa shape index (κ2) is 8.34. The number of aryl methyl sites for hydroxylation is 1. The van der Waals surface area contributed by atoms with Crippen molar-refractivity contribution in [1.82, 2.24) is 9.80 Å². The third-order valence-electron chi connectivity index (χ3n) is 6.10. The minimum atomic E-state index is 0.0227. The molecule has 0 N–H and O–H groups in total. The average molecular weight is 399 g/mol. The number of hydrogen-bond donors (Lipinski definition) is 0. The van der Waals surface area contributed by atoms with Crippen LogP contribution in [0.4, 0.5) is 0 Å². The van der Waals surface area contributed by atoms with Crippen molar-refractivity contribution in [1.29, 1.82) is 0 Å². The molecule has 3 heterocycles. The van der Waals surface area contributed by atoms with Gasteiger partial charge in [-0.1, -0.05) is 38.1 Å². The molecule has 0 unspecified atom stereocenters. The van der Waals surface area contributed by atoms with E-state index in [4.69, 9.17) is 4.42 Å². The van der Waals surface area contributed by atoms with Crippen molar-refractivity contribution in [3.63, 3.8) is 0 Å². The molecular weight excluding hydrogens is 368 g/mol. The number of thioether (sulfide) groups is 1. The molecule has 4 rings (SSSR count). The molecule has 1 aromatic heterocycles. The van der Waals surface area contributed by atoms with Crippen LogP contribution in [0.3, 0.4) is 0 Å². The molecule has 0 saturated carbocycles. The Hall–Kier alpha value is -1.72. The van der Waals surface area contributed by atoms with Crippen LogP contribution in [-0.2, 0) is 0 Å². The third-order valence-corrected chi connectivity index (χ3v) is 7.18. The normalized spacial score (nSPS) is 24.9. The number of carbonyl (C=O) groups excluding carboxylic acids is 1. The standard InChI is InChI=1S/C23H30N2O2S/c1-16(2)28-12-10-24-13-18-14-25(23(26)21-9-6-11-27-21)22(20(18)15-24)19-8-5-4-7-17(19)3/h4-9,11,16,18,20,22H,10,12-15H2,1-3H3/t18-,20-,22-/m0/s1. The molecule has 150 valence electrons. The number of carbonyl (C=O) groups is 1. The Labute approximate surface area is 172 Å². The maximum Gasteiger partial charge on any atom is 0.290 e. The van der Waals surface area contributed by atoms with Crippen LogP contribution in [0.5, 0.6) is 0 Å². The fourth-order valence-electron chi connectivity index (χ4n) is 4.81. The van der Waals surface area contributed by atoms with Crippen molar-refractivity contribution >= 4 is 17.7 Å². The van der Waals surface area contributed by atoms with Gasteiger partial charge in [0.1, 0.15) is 0 Å². The van der Waals surface area contributed by atoms with Gasteiger partial charge in [0.2, 0.25) is 0 Å². The van der Waals surface area contributed by atoms with E-state index in [1.165, 1.54) is 16.9 Å². The number of rotatable bonds is 6. The van der Waals surface area contributed by atoms with Gasteiger partial charge in [-0.25, -0.2) is 0 Å². The zero-order valence-electron chi connectivity index (χ0n) is 17.0. The second-order valence-electron chi connectivity index (χ2n) is 8.34. The van der Waals surface area contributed by atoms with Gasteiger partial charge in [-0.2, -0.15) is 11.8 Å². The lowest BCUT2D eigenvalue weighted by molar-refractivity contribution is 0.0669. The van der Waals surface area contributed by atoms with Gasteiger partial charge in [0.25, 0.3) is 5.91 Å². The lowest BCUT2D eigenvalue weighted by Gasteiger charge is -2.30. The van der Waals surface area contributed by atoms with Crippen molar-refractivity contribution < 1.29 is 9.21 Å². The van der Waals surface area contributed by atoms with Crippen LogP contribution in [-0.4, -0.2) is 52.9 Å². The summed E-state index contributed by atoms with van der Waals surface area (Å²) in [6, 6.07) is 12.2. The zero-order chi connectivity index (χ0) is 19.7. The molecule has 5 heteroatoms. The van der Waals surface area contributed by atoms with Gasteiger partial charge < -0.3 is 14.2 Å². The Bertz CT molecular complexity index is 805. The molecule has 2 saturated heterocycles. The number of likely N-dealkylation sites (tertiary alicyclic amines) is 2. The van der Waals surface area contributed by atoms with Crippen molar-refractivity contribution in [2.24, 2.45) is 11.8 Å². The molecule has 4 nitrogen and oxygen atoms in total. The Morgan fingerprint density at radius 2 is 2.00 bits per heavy atom. The van der Waals surface area contributed by atoms with Crippen molar-refractivity contribution in [2.45, 2.75) is 32.1 Å². The highest BCUT2D eigenvalue weighted by atomic mass is 32.2. The summed E-state index contributed by atoms with van der Waals surface area (Å²) >= 11 is 2.03. The zero-order valence-corrected chi connectivity index (χ0v) is 17.8. The van der Waals surface area contributed by atoms with E-state index >= 15 is 0 Å². The SMILES string of the molecule is Cc1ccccc1[C@H]1[C@H]2CN(CCSC(C)C)C[C@H]2CN1C(=O)c1ccco1. The summed E-state index contributed by atoms with van der Waals surface area (Å²) < 4.78 is 5.44. The summed E-state index contributed by atoms with van der Waals surface area (Å²) in [6.45, 7) is 10.8. The first kappa shape index (κ1) is 19.6. The molecular formula is C23H30N2O2S. The fourth-order valence-corrected chi connectivity index (χ4v) is 5.64. The highest BCUT2D eigenvalue weighted by molar-refractivity contribution is 7.99. The Morgan fingerprint density at radius 1 is 1.18 bits per heavy atom. The number of benzene rings is 1. The molecule has 2 aromatic rings. The average Bonchev–Trinajstić information content (AvgIpc) is 3.37. The van der Waals surface area contributed by atoms with Crippen LogP contribution in [0.1, 0.15) is 41.6 Å². The van der Waals surface area contributed by atoms with Crippen molar-refractivity contribution in [2.75, 3.05) is 31.9 Å². The molecule has 0 aliphatic carbocycles. The lowest BCUT2D eigenvalue weighted by Crippen LogP contribution is -2.36. The van der Waals surface area contributed by atoms with Crippen LogP contribution >= 0.6 is 11.8 Å². The summed E-state index contributed by atoms with van der Waals surface area (Å²) in [7, 11) is 0. The molecule has 2 fully saturated rings. The largest absolute Gasteiger partial charge is 0.459 e. The molecule has 3 atom stereocenters. The van der Waals surface area contributed by atoms with Gasteiger partial charge in [-0.3, -0.25) is 4.79 Å². The monoisotopic (exact) mass is 398 g/mol. The Kier molecular flexibility index (Phi) is 5.83. The smallest absolute Gasteiger partial charge is 0.290 e. The van der Waals surface area contributed by atoms with Crippen LogP contribution in [0, 0.1) is 18.8 Å². The van der Waals surface area contributed by atoms with Crippen LogP contribution in [0.15, 0.2) is 47.1 Å². The molecule has 1 aromatic carbocycles. The lowest BCUT2D eigenvalue weighted by atomic mass is 9.87. The summed E-state index contributed by atoms with van der Waals surface area (Å²) in [4.78, 5) is 17.8. The van der Waals surface area contributed by atoms with E-state index in [-0.39, 0.29) is 11.9 Å². The van der Waals surface area contributed by atoms with Gasteiger partial charge in [0.05, 0.1) is 12.3 Å². The van der Waals surface area contributed by atoms with E-state index in [2.05, 4.69) is 54.8 Å². The quantitative estimate of drug-likeness (QED) is 0.719. The van der Waals surface area contributed by atoms with E-state index in [0.29, 0.717) is 22.8 Å². The second-order valence-corrected chi connectivity index (χ2v) is 10.0. The Balaban J connectivity index is 1.56. The maximum atomic E-state index is 13.2. The van der Waals surface area contributed by atoms with Crippen molar-refractivity contribution in [3.05, 3.63) is 59.5 Å².